The summed E-state index contributed by atoms with van der Waals surface area (Å²) in [6.45, 7) is 0.642. The van der Waals surface area contributed by atoms with Crippen LogP contribution in [0.15, 0.2) is 40.4 Å². The Morgan fingerprint density at radius 3 is 2.87 bits per heavy atom. The average Bonchev–Trinajstić information content (AvgIpc) is 2.98. The van der Waals surface area contributed by atoms with Gasteiger partial charge in [-0.3, -0.25) is 9.78 Å². The molecule has 0 spiro atoms. The lowest BCUT2D eigenvalue weighted by Gasteiger charge is -2.19. The van der Waals surface area contributed by atoms with E-state index in [1.165, 1.54) is 17.5 Å². The summed E-state index contributed by atoms with van der Waals surface area (Å²) in [7, 11) is -3.25. The summed E-state index contributed by atoms with van der Waals surface area (Å²) in [5.41, 5.74) is 0.464. The van der Waals surface area contributed by atoms with Crippen LogP contribution in [0.4, 0.5) is 0 Å². The van der Waals surface area contributed by atoms with Gasteiger partial charge in [-0.1, -0.05) is 6.07 Å². The Kier molecular flexibility index (Phi) is 4.84. The van der Waals surface area contributed by atoms with Crippen LogP contribution in [-0.4, -0.2) is 43.1 Å². The number of hydrogen-bond acceptors (Lipinski definition) is 5. The lowest BCUT2D eigenvalue weighted by Crippen LogP contribution is -2.33. The SMILES string of the molecule is O=C(c1cncc(Br)c1)N1CCC(c2cccs2)S(=O)(=O)CC1. The van der Waals surface area contributed by atoms with Crippen LogP contribution in [0, 0.1) is 0 Å². The van der Waals surface area contributed by atoms with Gasteiger partial charge in [0.05, 0.1) is 16.6 Å². The van der Waals surface area contributed by atoms with Crippen LogP contribution in [-0.2, 0) is 9.84 Å². The summed E-state index contributed by atoms with van der Waals surface area (Å²) >= 11 is 4.75. The first-order chi connectivity index (χ1) is 11.0. The van der Waals surface area contributed by atoms with Crippen molar-refractivity contribution in [3.05, 3.63) is 50.9 Å². The number of nitrogens with zero attached hydrogens (tertiary/aromatic N) is 2. The number of hydrogen-bond donors (Lipinski definition) is 0. The summed E-state index contributed by atoms with van der Waals surface area (Å²) in [5.74, 6) is -0.191. The van der Waals surface area contributed by atoms with Crippen LogP contribution in [0.3, 0.4) is 0 Å². The van der Waals surface area contributed by atoms with Gasteiger partial charge < -0.3 is 4.90 Å². The standard InChI is InChI=1S/C15H15BrN2O3S2/c16-12-8-11(9-17-10-12)15(19)18-4-3-14(13-2-1-6-22-13)23(20,21)7-5-18/h1-2,6,8-10,14H,3-5,7H2. The second-order valence-electron chi connectivity index (χ2n) is 5.34. The van der Waals surface area contributed by atoms with Crippen LogP contribution in [0.5, 0.6) is 0 Å². The molecule has 1 saturated heterocycles. The number of aromatic nitrogens is 1. The van der Waals surface area contributed by atoms with Gasteiger partial charge >= 0.3 is 0 Å². The monoisotopic (exact) mass is 414 g/mol. The second kappa shape index (κ2) is 6.70. The number of pyridine rings is 1. The molecule has 5 nitrogen and oxygen atoms in total. The molecule has 0 aromatic carbocycles. The molecule has 8 heteroatoms. The van der Waals surface area contributed by atoms with Gasteiger partial charge in [0, 0.05) is 34.8 Å². The zero-order chi connectivity index (χ0) is 16.4. The van der Waals surface area contributed by atoms with E-state index in [4.69, 9.17) is 0 Å². The molecular formula is C15H15BrN2O3S2. The number of halogens is 1. The molecule has 0 bridgehead atoms. The van der Waals surface area contributed by atoms with Gasteiger partial charge in [0.15, 0.2) is 9.84 Å². The zero-order valence-electron chi connectivity index (χ0n) is 12.2. The van der Waals surface area contributed by atoms with Crippen molar-refractivity contribution in [3.8, 4) is 0 Å². The molecule has 1 aliphatic heterocycles. The Morgan fingerprint density at radius 1 is 1.35 bits per heavy atom. The van der Waals surface area contributed by atoms with Crippen molar-refractivity contribution in [3.63, 3.8) is 0 Å². The van der Waals surface area contributed by atoms with Crippen LogP contribution in [0.25, 0.3) is 0 Å². The van der Waals surface area contributed by atoms with E-state index in [0.29, 0.717) is 18.5 Å². The maximum Gasteiger partial charge on any atom is 0.255 e. The fraction of sp³-hybridized carbons (Fsp3) is 0.333. The molecule has 1 amide bonds. The van der Waals surface area contributed by atoms with Crippen LogP contribution < -0.4 is 0 Å². The predicted octanol–water partition coefficient (Wildman–Crippen LogP) is 2.91. The van der Waals surface area contributed by atoms with Gasteiger partial charge in [0.2, 0.25) is 0 Å². The van der Waals surface area contributed by atoms with E-state index in [-0.39, 0.29) is 18.2 Å². The van der Waals surface area contributed by atoms with Gasteiger partial charge in [-0.15, -0.1) is 11.3 Å². The Hall–Kier alpha value is -1.25. The van der Waals surface area contributed by atoms with Gasteiger partial charge in [-0.2, -0.15) is 0 Å². The normalized spacial score (nSPS) is 20.9. The van der Waals surface area contributed by atoms with Crippen molar-refractivity contribution < 1.29 is 13.2 Å². The highest BCUT2D eigenvalue weighted by atomic mass is 79.9. The summed E-state index contributed by atoms with van der Waals surface area (Å²) < 4.78 is 25.7. The van der Waals surface area contributed by atoms with E-state index >= 15 is 0 Å². The number of thiophene rings is 1. The van der Waals surface area contributed by atoms with Gasteiger partial charge in [-0.05, 0) is 39.9 Å². The largest absolute Gasteiger partial charge is 0.338 e. The van der Waals surface area contributed by atoms with E-state index in [1.54, 1.807) is 17.2 Å². The molecule has 23 heavy (non-hydrogen) atoms. The van der Waals surface area contributed by atoms with E-state index in [0.717, 1.165) is 9.35 Å². The smallest absolute Gasteiger partial charge is 0.255 e. The molecule has 0 N–H and O–H groups in total. The second-order valence-corrected chi connectivity index (χ2v) is 9.54. The first-order valence-electron chi connectivity index (χ1n) is 7.12. The van der Waals surface area contributed by atoms with Crippen molar-refractivity contribution in [2.75, 3.05) is 18.8 Å². The van der Waals surface area contributed by atoms with E-state index in [2.05, 4.69) is 20.9 Å². The lowest BCUT2D eigenvalue weighted by molar-refractivity contribution is 0.0766. The van der Waals surface area contributed by atoms with Crippen molar-refractivity contribution in [1.29, 1.82) is 0 Å². The third kappa shape index (κ3) is 3.64. The predicted molar refractivity (Wildman–Crippen MR) is 93.3 cm³/mol. The number of rotatable bonds is 2. The average molecular weight is 415 g/mol. The van der Waals surface area contributed by atoms with Gasteiger partial charge in [0.25, 0.3) is 5.91 Å². The highest BCUT2D eigenvalue weighted by Crippen LogP contribution is 2.32. The molecule has 0 radical (unpaired) electrons. The van der Waals surface area contributed by atoms with Crippen molar-refractivity contribution in [1.82, 2.24) is 9.88 Å². The Labute approximate surface area is 147 Å². The molecule has 1 atom stereocenters. The molecule has 122 valence electrons. The number of sulfone groups is 1. The molecule has 3 heterocycles. The molecule has 1 fully saturated rings. The van der Waals surface area contributed by atoms with E-state index in [1.807, 2.05) is 17.5 Å². The molecule has 0 saturated carbocycles. The summed E-state index contributed by atoms with van der Waals surface area (Å²) in [5, 5.41) is 1.37. The lowest BCUT2D eigenvalue weighted by atomic mass is 10.2. The molecule has 3 rings (SSSR count). The minimum Gasteiger partial charge on any atom is -0.338 e. The summed E-state index contributed by atoms with van der Waals surface area (Å²) in [6.07, 6.45) is 3.54. The topological polar surface area (TPSA) is 67.3 Å². The fourth-order valence-corrected chi connectivity index (χ4v) is 6.02. The molecular weight excluding hydrogens is 400 g/mol. The van der Waals surface area contributed by atoms with E-state index in [9.17, 15) is 13.2 Å². The summed E-state index contributed by atoms with van der Waals surface area (Å²) in [4.78, 5) is 19.0. The first-order valence-corrected chi connectivity index (χ1v) is 10.5. The number of amides is 1. The fourth-order valence-electron chi connectivity index (χ4n) is 2.65. The minimum absolute atomic E-state index is 0.0112. The third-order valence-corrected chi connectivity index (χ3v) is 7.52. The molecule has 1 unspecified atom stereocenters. The number of carbonyl (C=O) groups excluding carboxylic acids is 1. The maximum absolute atomic E-state index is 12.6. The van der Waals surface area contributed by atoms with Gasteiger partial charge in [0.1, 0.15) is 0 Å². The highest BCUT2D eigenvalue weighted by molar-refractivity contribution is 9.10. The van der Waals surface area contributed by atoms with Gasteiger partial charge in [-0.25, -0.2) is 8.42 Å². The van der Waals surface area contributed by atoms with Crippen molar-refractivity contribution >= 4 is 43.0 Å². The van der Waals surface area contributed by atoms with Crippen LogP contribution >= 0.6 is 27.3 Å². The Bertz CT molecular complexity index is 806. The third-order valence-electron chi connectivity index (χ3n) is 3.84. The highest BCUT2D eigenvalue weighted by Gasteiger charge is 2.33. The molecule has 2 aromatic rings. The van der Waals surface area contributed by atoms with Crippen LogP contribution in [0.1, 0.15) is 26.9 Å². The minimum atomic E-state index is -3.25. The summed E-state index contributed by atoms with van der Waals surface area (Å²) in [6, 6.07) is 5.41. The van der Waals surface area contributed by atoms with Crippen LogP contribution in [0.2, 0.25) is 0 Å². The number of carbonyl (C=O) groups is 1. The zero-order valence-corrected chi connectivity index (χ0v) is 15.4. The maximum atomic E-state index is 12.6. The van der Waals surface area contributed by atoms with E-state index < -0.39 is 15.1 Å². The van der Waals surface area contributed by atoms with Crippen molar-refractivity contribution in [2.45, 2.75) is 11.7 Å². The first kappa shape index (κ1) is 16.6. The quantitative estimate of drug-likeness (QED) is 0.757. The molecule has 2 aromatic heterocycles. The Morgan fingerprint density at radius 2 is 2.17 bits per heavy atom. The Balaban J connectivity index is 1.81. The van der Waals surface area contributed by atoms with Crippen molar-refractivity contribution in [2.24, 2.45) is 0 Å². The molecule has 1 aliphatic rings. The molecule has 0 aliphatic carbocycles.